The Kier molecular flexibility index (Phi) is 9.70. The van der Waals surface area contributed by atoms with Gasteiger partial charge in [0, 0.05) is 67.3 Å². The van der Waals surface area contributed by atoms with Crippen molar-refractivity contribution < 1.29 is 31.5 Å². The molecule has 0 aliphatic carbocycles. The molecule has 2 aliphatic rings. The van der Waals surface area contributed by atoms with Crippen molar-refractivity contribution in [2.24, 2.45) is 0 Å². The Labute approximate surface area is 251 Å². The summed E-state index contributed by atoms with van der Waals surface area (Å²) in [7, 11) is 0. The maximum Gasteiger partial charge on any atom is 0.341 e. The van der Waals surface area contributed by atoms with Crippen molar-refractivity contribution in [1.29, 1.82) is 0 Å². The van der Waals surface area contributed by atoms with Crippen molar-refractivity contribution in [2.45, 2.75) is 45.0 Å². The molecule has 2 atom stereocenters. The van der Waals surface area contributed by atoms with Crippen LogP contribution in [-0.2, 0) is 4.74 Å². The van der Waals surface area contributed by atoms with Crippen LogP contribution in [0.3, 0.4) is 0 Å². The minimum absolute atomic E-state index is 0.0643. The smallest absolute Gasteiger partial charge is 0.341 e. The second-order valence-corrected chi connectivity index (χ2v) is 10.9. The Balaban J connectivity index is 1.35. The number of pyridine rings is 1. The van der Waals surface area contributed by atoms with E-state index in [1.54, 1.807) is 19.2 Å². The number of hydrogen-bond acceptors (Lipinski definition) is 7. The van der Waals surface area contributed by atoms with Gasteiger partial charge in [-0.3, -0.25) is 9.58 Å². The number of benzene rings is 1. The number of hydrogen-bond donors (Lipinski definition) is 0. The molecule has 43 heavy (non-hydrogen) atoms. The first-order valence-electron chi connectivity index (χ1n) is 14.1. The van der Waals surface area contributed by atoms with Gasteiger partial charge in [0.1, 0.15) is 17.1 Å². The highest BCUT2D eigenvalue weighted by atomic mass is 35.5. The number of ether oxygens (including phenoxy) is 1. The van der Waals surface area contributed by atoms with Crippen molar-refractivity contribution in [3.05, 3.63) is 59.0 Å². The Hall–Kier alpha value is -3.45. The van der Waals surface area contributed by atoms with E-state index in [1.165, 1.54) is 4.68 Å². The number of halogens is 6. The Morgan fingerprint density at radius 2 is 1.79 bits per heavy atom. The van der Waals surface area contributed by atoms with E-state index in [0.717, 1.165) is 27.9 Å². The molecule has 0 radical (unpaired) electrons. The van der Waals surface area contributed by atoms with Crippen LogP contribution in [0.5, 0.6) is 0 Å². The van der Waals surface area contributed by atoms with E-state index in [4.69, 9.17) is 16.3 Å². The highest BCUT2D eigenvalue weighted by Gasteiger charge is 2.33. The van der Waals surface area contributed by atoms with Crippen LogP contribution >= 0.6 is 11.6 Å². The lowest BCUT2D eigenvalue weighted by molar-refractivity contribution is -0.0505. The van der Waals surface area contributed by atoms with E-state index in [0.29, 0.717) is 49.9 Å². The summed E-state index contributed by atoms with van der Waals surface area (Å²) in [5.41, 5.74) is 1.76. The number of anilines is 2. The Morgan fingerprint density at radius 1 is 1.02 bits per heavy atom. The van der Waals surface area contributed by atoms with Crippen LogP contribution in [0.4, 0.5) is 33.5 Å². The van der Waals surface area contributed by atoms with E-state index in [-0.39, 0.29) is 25.3 Å². The first-order valence-corrected chi connectivity index (χ1v) is 14.5. The molecule has 2 aromatic heterocycles. The van der Waals surface area contributed by atoms with Crippen LogP contribution in [0.15, 0.2) is 42.7 Å². The van der Waals surface area contributed by atoms with Gasteiger partial charge in [0.05, 0.1) is 18.8 Å². The fourth-order valence-corrected chi connectivity index (χ4v) is 5.89. The van der Waals surface area contributed by atoms with Crippen molar-refractivity contribution in [3.63, 3.8) is 0 Å². The maximum absolute atomic E-state index is 14.1. The number of nitrogens with zero attached hydrogens (tertiary/aromatic N) is 6. The van der Waals surface area contributed by atoms with Gasteiger partial charge in [-0.2, -0.15) is 5.10 Å². The second kappa shape index (κ2) is 13.5. The predicted octanol–water partition coefficient (Wildman–Crippen LogP) is 6.24. The summed E-state index contributed by atoms with van der Waals surface area (Å²) in [5.74, 6) is -0.175. The zero-order chi connectivity index (χ0) is 30.7. The van der Waals surface area contributed by atoms with Gasteiger partial charge in [-0.15, -0.1) is 0 Å². The van der Waals surface area contributed by atoms with Gasteiger partial charge in [0.2, 0.25) is 6.30 Å². The molecule has 8 nitrogen and oxygen atoms in total. The van der Waals surface area contributed by atoms with Gasteiger partial charge in [0.15, 0.2) is 0 Å². The molecule has 1 aromatic carbocycles. The molecule has 0 bridgehead atoms. The monoisotopic (exact) mass is 626 g/mol. The molecule has 5 rings (SSSR count). The standard InChI is InChI=1S/C29H32ClF5N6O2/c1-2-43-29(42)22-16-37-41(25(22)26(31)32)20-4-3-9-40(17-20)23-14-19(30)6-7-21(23)18-5-8-24(36-15-18)38-10-12-39(13-11-38)28(35)27(33)34/h5-8,14-16,20,26-28H,2-4,9-13,17H2,1H3. The molecule has 2 saturated heterocycles. The zero-order valence-electron chi connectivity index (χ0n) is 23.5. The molecule has 2 fully saturated rings. The Bertz CT molecular complexity index is 1400. The normalized spacial score (nSPS) is 18.9. The number of piperidine rings is 1. The molecule has 2 unspecified atom stereocenters. The highest BCUT2D eigenvalue weighted by molar-refractivity contribution is 6.31. The second-order valence-electron chi connectivity index (χ2n) is 10.4. The van der Waals surface area contributed by atoms with E-state index in [9.17, 15) is 26.7 Å². The SMILES string of the molecule is CCOC(=O)c1cnn(C2CCCN(c3cc(Cl)ccc3-c3ccc(N4CCN(C(F)C(F)F)CC4)nc3)C2)c1C(F)F. The number of piperazine rings is 1. The lowest BCUT2D eigenvalue weighted by Crippen LogP contribution is -2.51. The third kappa shape index (κ3) is 6.72. The Morgan fingerprint density at radius 3 is 2.44 bits per heavy atom. The summed E-state index contributed by atoms with van der Waals surface area (Å²) < 4.78 is 73.6. The average Bonchev–Trinajstić information content (AvgIpc) is 3.47. The molecule has 0 amide bonds. The molecule has 232 valence electrons. The number of esters is 1. The first-order chi connectivity index (χ1) is 20.7. The van der Waals surface area contributed by atoms with E-state index in [1.807, 2.05) is 29.2 Å². The van der Waals surface area contributed by atoms with Crippen LogP contribution in [-0.4, -0.2) is 84.2 Å². The summed E-state index contributed by atoms with van der Waals surface area (Å²) in [6.45, 7) is 3.75. The van der Waals surface area contributed by atoms with Crippen molar-refractivity contribution in [2.75, 3.05) is 55.7 Å². The van der Waals surface area contributed by atoms with Crippen molar-refractivity contribution >= 4 is 29.1 Å². The van der Waals surface area contributed by atoms with Crippen LogP contribution < -0.4 is 9.80 Å². The van der Waals surface area contributed by atoms with Crippen LogP contribution in [0.1, 0.15) is 48.3 Å². The number of carbonyl (C=O) groups is 1. The topological polar surface area (TPSA) is 66.7 Å². The third-order valence-electron chi connectivity index (χ3n) is 7.83. The van der Waals surface area contributed by atoms with Crippen molar-refractivity contribution in [1.82, 2.24) is 19.7 Å². The molecule has 0 saturated carbocycles. The van der Waals surface area contributed by atoms with E-state index in [2.05, 4.69) is 15.0 Å². The summed E-state index contributed by atoms with van der Waals surface area (Å²) >= 11 is 6.40. The molecule has 0 N–H and O–H groups in total. The number of alkyl halides is 5. The van der Waals surface area contributed by atoms with Crippen LogP contribution in [0.2, 0.25) is 5.02 Å². The maximum atomic E-state index is 14.1. The van der Waals surface area contributed by atoms with Gasteiger partial charge >= 0.3 is 5.97 Å². The summed E-state index contributed by atoms with van der Waals surface area (Å²) in [4.78, 5) is 22.0. The molecule has 2 aliphatic heterocycles. The lowest BCUT2D eigenvalue weighted by atomic mass is 10.00. The molecule has 4 heterocycles. The molecule has 14 heteroatoms. The van der Waals surface area contributed by atoms with Gasteiger partial charge in [-0.1, -0.05) is 17.7 Å². The molecule has 3 aromatic rings. The van der Waals surface area contributed by atoms with Crippen molar-refractivity contribution in [3.8, 4) is 11.1 Å². The first kappa shape index (κ1) is 31.0. The molecular weight excluding hydrogens is 595 g/mol. The zero-order valence-corrected chi connectivity index (χ0v) is 24.2. The van der Waals surface area contributed by atoms with Crippen LogP contribution in [0, 0.1) is 0 Å². The van der Waals surface area contributed by atoms with E-state index >= 15 is 0 Å². The molecular formula is C29H32ClF5N6O2. The number of aromatic nitrogens is 3. The summed E-state index contributed by atoms with van der Waals surface area (Å²) in [6, 6.07) is 8.77. The quantitative estimate of drug-likeness (QED) is 0.158. The average molecular weight is 627 g/mol. The minimum Gasteiger partial charge on any atom is -0.462 e. The fraction of sp³-hybridized carbons (Fsp3) is 0.483. The highest BCUT2D eigenvalue weighted by Crippen LogP contribution is 2.38. The summed E-state index contributed by atoms with van der Waals surface area (Å²) in [5, 5.41) is 4.68. The van der Waals surface area contributed by atoms with Gasteiger partial charge in [-0.05, 0) is 44.0 Å². The van der Waals surface area contributed by atoms with Gasteiger partial charge in [-0.25, -0.2) is 31.7 Å². The summed E-state index contributed by atoms with van der Waals surface area (Å²) in [6.07, 6.45) is -4.07. The van der Waals surface area contributed by atoms with Gasteiger partial charge in [0.25, 0.3) is 12.9 Å². The minimum atomic E-state index is -3.04. The number of rotatable bonds is 9. The predicted molar refractivity (Wildman–Crippen MR) is 153 cm³/mol. The largest absolute Gasteiger partial charge is 0.462 e. The lowest BCUT2D eigenvalue weighted by Gasteiger charge is -2.37. The van der Waals surface area contributed by atoms with Gasteiger partial charge < -0.3 is 14.5 Å². The third-order valence-corrected chi connectivity index (χ3v) is 8.07. The molecule has 0 spiro atoms. The fourth-order valence-electron chi connectivity index (χ4n) is 5.72. The van der Waals surface area contributed by atoms with E-state index < -0.39 is 36.9 Å². The van der Waals surface area contributed by atoms with Crippen LogP contribution in [0.25, 0.3) is 11.1 Å². The number of carbonyl (C=O) groups excluding carboxylic acids is 1.